The van der Waals surface area contributed by atoms with E-state index in [9.17, 15) is 24.0 Å². The summed E-state index contributed by atoms with van der Waals surface area (Å²) in [6.07, 6.45) is 4.56. The van der Waals surface area contributed by atoms with Gasteiger partial charge in [-0.25, -0.2) is 19.1 Å². The molecule has 0 atom stereocenters. The molecule has 34 heavy (non-hydrogen) atoms. The zero-order chi connectivity index (χ0) is 25.1. The van der Waals surface area contributed by atoms with Crippen molar-refractivity contribution in [1.29, 1.82) is 0 Å². The van der Waals surface area contributed by atoms with Gasteiger partial charge < -0.3 is 14.2 Å². The third-order valence-corrected chi connectivity index (χ3v) is 4.44. The molecule has 2 rings (SSSR count). The van der Waals surface area contributed by atoms with Crippen molar-refractivity contribution in [3.8, 4) is 0 Å². The smallest absolute Gasteiger partial charge is 0.355 e. The van der Waals surface area contributed by atoms with Crippen molar-refractivity contribution in [1.82, 2.24) is 24.1 Å². The third-order valence-electron chi connectivity index (χ3n) is 4.44. The van der Waals surface area contributed by atoms with Gasteiger partial charge in [0.1, 0.15) is 5.70 Å². The number of nitrogens with zero attached hydrogens (tertiary/aromatic N) is 5. The first kappa shape index (κ1) is 26.2. The van der Waals surface area contributed by atoms with Crippen molar-refractivity contribution in [3.63, 3.8) is 0 Å². The number of unbranched alkanes of at least 4 members (excludes halogenated alkanes) is 1. The summed E-state index contributed by atoms with van der Waals surface area (Å²) < 4.78 is 17.9. The minimum Gasteiger partial charge on any atom is -0.466 e. The molecule has 2 aromatic rings. The second-order valence-electron chi connectivity index (χ2n) is 6.89. The van der Waals surface area contributed by atoms with Crippen LogP contribution in [0.5, 0.6) is 0 Å². The Morgan fingerprint density at radius 3 is 2.47 bits per heavy atom. The van der Waals surface area contributed by atoms with Gasteiger partial charge in [0.15, 0.2) is 0 Å². The van der Waals surface area contributed by atoms with Crippen molar-refractivity contribution in [2.75, 3.05) is 19.8 Å². The Morgan fingerprint density at radius 1 is 1.06 bits per heavy atom. The van der Waals surface area contributed by atoms with Crippen LogP contribution in [-0.2, 0) is 41.7 Å². The number of carbonyl (C=O) groups excluding carboxylic acids is 3. The fraction of sp³-hybridized carbons (Fsp3) is 0.476. The number of rotatable bonds is 12. The zero-order valence-corrected chi connectivity index (χ0v) is 19.3. The maximum atomic E-state index is 13.1. The van der Waals surface area contributed by atoms with E-state index in [1.54, 1.807) is 13.8 Å². The van der Waals surface area contributed by atoms with Crippen LogP contribution in [-0.4, -0.2) is 61.9 Å². The Kier molecular flexibility index (Phi) is 9.92. The average molecular weight is 477 g/mol. The molecule has 0 bridgehead atoms. The topological polar surface area (TPSA) is 154 Å². The molecule has 0 aliphatic heterocycles. The highest BCUT2D eigenvalue weighted by molar-refractivity contribution is 6.14. The Bertz CT molecular complexity index is 1160. The van der Waals surface area contributed by atoms with Crippen LogP contribution >= 0.6 is 0 Å². The van der Waals surface area contributed by atoms with Gasteiger partial charge in [-0.15, -0.1) is 5.10 Å². The van der Waals surface area contributed by atoms with Crippen molar-refractivity contribution < 1.29 is 28.6 Å². The summed E-state index contributed by atoms with van der Waals surface area (Å²) in [7, 11) is 0. The molecular formula is C21H27N5O8. The third kappa shape index (κ3) is 7.25. The van der Waals surface area contributed by atoms with Crippen LogP contribution < -0.4 is 11.2 Å². The number of aromatic nitrogens is 5. The number of hydrogen-bond acceptors (Lipinski definition) is 10. The molecule has 0 aromatic carbocycles. The van der Waals surface area contributed by atoms with Crippen LogP contribution in [0.15, 0.2) is 34.1 Å². The van der Waals surface area contributed by atoms with E-state index < -0.39 is 28.9 Å². The van der Waals surface area contributed by atoms with Crippen LogP contribution in [0.1, 0.15) is 39.3 Å². The zero-order valence-electron chi connectivity index (χ0n) is 19.3. The first-order valence-corrected chi connectivity index (χ1v) is 10.7. The molecule has 0 aliphatic rings. The molecule has 0 spiro atoms. The number of ether oxygens (including phenoxy) is 3. The SMILES string of the molecule is CCOC(=O)/C=C(/C(=O)OCC)n1ccc(=O)n(Cc2cnnn2CCCCOC(C)=O)c1=O. The Hall–Kier alpha value is -4.03. The van der Waals surface area contributed by atoms with E-state index in [2.05, 4.69) is 10.3 Å². The van der Waals surface area contributed by atoms with Crippen molar-refractivity contribution in [3.05, 3.63) is 51.1 Å². The van der Waals surface area contributed by atoms with Gasteiger partial charge in [0.2, 0.25) is 0 Å². The van der Waals surface area contributed by atoms with Gasteiger partial charge in [-0.1, -0.05) is 5.21 Å². The molecule has 0 saturated carbocycles. The summed E-state index contributed by atoms with van der Waals surface area (Å²) in [6, 6.07) is 1.09. The van der Waals surface area contributed by atoms with E-state index in [1.165, 1.54) is 17.8 Å². The molecule has 2 aromatic heterocycles. The Labute approximate surface area is 194 Å². The number of hydrogen-bond donors (Lipinski definition) is 0. The van der Waals surface area contributed by atoms with Gasteiger partial charge in [0, 0.05) is 25.7 Å². The second-order valence-corrected chi connectivity index (χ2v) is 6.89. The second kappa shape index (κ2) is 12.9. The van der Waals surface area contributed by atoms with Crippen LogP contribution in [0, 0.1) is 0 Å². The number of esters is 3. The van der Waals surface area contributed by atoms with Crippen LogP contribution in [0.2, 0.25) is 0 Å². The van der Waals surface area contributed by atoms with Gasteiger partial charge in [-0.2, -0.15) is 0 Å². The van der Waals surface area contributed by atoms with Crippen LogP contribution in [0.4, 0.5) is 0 Å². The average Bonchev–Trinajstić information content (AvgIpc) is 3.22. The lowest BCUT2D eigenvalue weighted by Gasteiger charge is -2.13. The van der Waals surface area contributed by atoms with Gasteiger partial charge in [0.05, 0.1) is 44.3 Å². The summed E-state index contributed by atoms with van der Waals surface area (Å²) in [6.45, 7) is 5.09. The lowest BCUT2D eigenvalue weighted by atomic mass is 10.3. The Balaban J connectivity index is 2.32. The van der Waals surface area contributed by atoms with Crippen LogP contribution in [0.3, 0.4) is 0 Å². The molecule has 0 amide bonds. The van der Waals surface area contributed by atoms with E-state index in [4.69, 9.17) is 14.2 Å². The predicted octanol–water partition coefficient (Wildman–Crippen LogP) is -0.0398. The van der Waals surface area contributed by atoms with E-state index in [0.717, 1.165) is 27.5 Å². The normalized spacial score (nSPS) is 11.2. The fourth-order valence-corrected chi connectivity index (χ4v) is 2.90. The maximum absolute atomic E-state index is 13.1. The molecule has 0 aliphatic carbocycles. The molecule has 13 nitrogen and oxygen atoms in total. The summed E-state index contributed by atoms with van der Waals surface area (Å²) in [4.78, 5) is 60.8. The van der Waals surface area contributed by atoms with Crippen LogP contribution in [0.25, 0.3) is 5.70 Å². The number of aryl methyl sites for hydroxylation is 1. The molecular weight excluding hydrogens is 450 g/mol. The standard InChI is InChI=1S/C21H27N5O8/c1-4-32-19(29)12-17(20(30)33-5-2)24-10-8-18(28)25(21(24)31)14-16-13-22-23-26(16)9-6-7-11-34-15(3)27/h8,10,12-13H,4-7,9,11,14H2,1-3H3/b17-12-. The molecule has 0 radical (unpaired) electrons. The molecule has 0 unspecified atom stereocenters. The summed E-state index contributed by atoms with van der Waals surface area (Å²) in [5.74, 6) is -2.13. The highest BCUT2D eigenvalue weighted by Gasteiger charge is 2.20. The summed E-state index contributed by atoms with van der Waals surface area (Å²) >= 11 is 0. The van der Waals surface area contributed by atoms with E-state index >= 15 is 0 Å². The van der Waals surface area contributed by atoms with Gasteiger partial charge in [0.25, 0.3) is 5.56 Å². The van der Waals surface area contributed by atoms with Gasteiger partial charge in [-0.3, -0.25) is 18.7 Å². The predicted molar refractivity (Wildman–Crippen MR) is 117 cm³/mol. The number of carbonyl (C=O) groups is 3. The lowest BCUT2D eigenvalue weighted by molar-refractivity contribution is -0.141. The summed E-state index contributed by atoms with van der Waals surface area (Å²) in [5, 5.41) is 7.79. The van der Waals surface area contributed by atoms with E-state index in [0.29, 0.717) is 25.1 Å². The first-order chi connectivity index (χ1) is 16.3. The molecule has 13 heteroatoms. The molecule has 0 N–H and O–H groups in total. The first-order valence-electron chi connectivity index (χ1n) is 10.7. The minimum absolute atomic E-state index is 0.00962. The monoisotopic (exact) mass is 477 g/mol. The summed E-state index contributed by atoms with van der Waals surface area (Å²) in [5.41, 5.74) is -1.41. The molecule has 184 valence electrons. The highest BCUT2D eigenvalue weighted by Crippen LogP contribution is 2.06. The largest absolute Gasteiger partial charge is 0.466 e. The van der Waals surface area contributed by atoms with E-state index in [1.807, 2.05) is 0 Å². The minimum atomic E-state index is -0.928. The van der Waals surface area contributed by atoms with Gasteiger partial charge >= 0.3 is 23.6 Å². The fourth-order valence-electron chi connectivity index (χ4n) is 2.90. The van der Waals surface area contributed by atoms with Crippen molar-refractivity contribution in [2.24, 2.45) is 0 Å². The van der Waals surface area contributed by atoms with Crippen molar-refractivity contribution in [2.45, 2.75) is 46.7 Å². The molecule has 0 fully saturated rings. The quantitative estimate of drug-likeness (QED) is 0.176. The van der Waals surface area contributed by atoms with Gasteiger partial charge in [-0.05, 0) is 26.7 Å². The van der Waals surface area contributed by atoms with Crippen molar-refractivity contribution >= 4 is 23.6 Å². The molecule has 2 heterocycles. The lowest BCUT2D eigenvalue weighted by Crippen LogP contribution is -2.40. The highest BCUT2D eigenvalue weighted by atomic mass is 16.5. The van der Waals surface area contributed by atoms with E-state index in [-0.39, 0.29) is 32.3 Å². The Morgan fingerprint density at radius 2 is 1.79 bits per heavy atom. The maximum Gasteiger partial charge on any atom is 0.355 e. The molecule has 0 saturated heterocycles.